The Hall–Kier alpha value is -0.600. The Kier molecular flexibility index (Phi) is 3.70. The molecule has 1 N–H and O–H groups in total. The molecule has 13 heavy (non-hydrogen) atoms. The van der Waals surface area contributed by atoms with Crippen molar-refractivity contribution in [1.82, 2.24) is 0 Å². The van der Waals surface area contributed by atoms with Crippen molar-refractivity contribution in [3.05, 3.63) is 0 Å². The summed E-state index contributed by atoms with van der Waals surface area (Å²) in [7, 11) is 0. The van der Waals surface area contributed by atoms with E-state index in [-0.39, 0.29) is 5.92 Å². The smallest absolute Gasteiger partial charge is 0.306 e. The maximum absolute atomic E-state index is 13.3. The monoisotopic (exact) mass is 188 g/mol. The first kappa shape index (κ1) is 10.5. The number of aliphatic carboxylic acids is 1. The fraction of sp³-hybridized carbons (Fsp3) is 0.900. The Morgan fingerprint density at radius 3 is 2.69 bits per heavy atom. The average Bonchev–Trinajstić information content (AvgIpc) is 2.08. The molecule has 1 aliphatic rings. The number of carboxylic acids is 1. The van der Waals surface area contributed by atoms with E-state index >= 15 is 0 Å². The minimum Gasteiger partial charge on any atom is -0.481 e. The van der Waals surface area contributed by atoms with Crippen LogP contribution in [0.3, 0.4) is 0 Å². The molecule has 1 aliphatic carbocycles. The third-order valence-corrected chi connectivity index (χ3v) is 2.89. The summed E-state index contributed by atoms with van der Waals surface area (Å²) in [6, 6.07) is 0. The molecule has 0 spiro atoms. The maximum Gasteiger partial charge on any atom is 0.306 e. The van der Waals surface area contributed by atoms with Crippen molar-refractivity contribution in [3.63, 3.8) is 0 Å². The molecule has 3 unspecified atom stereocenters. The van der Waals surface area contributed by atoms with Gasteiger partial charge in [0.15, 0.2) is 0 Å². The van der Waals surface area contributed by atoms with Crippen LogP contribution in [0.15, 0.2) is 0 Å². The van der Waals surface area contributed by atoms with Gasteiger partial charge in [0, 0.05) is 0 Å². The fourth-order valence-corrected chi connectivity index (χ4v) is 1.98. The van der Waals surface area contributed by atoms with Gasteiger partial charge in [-0.2, -0.15) is 0 Å². The van der Waals surface area contributed by atoms with E-state index in [0.29, 0.717) is 12.8 Å². The quantitative estimate of drug-likeness (QED) is 0.739. The van der Waals surface area contributed by atoms with Crippen LogP contribution in [0, 0.1) is 11.8 Å². The van der Waals surface area contributed by atoms with Crippen molar-refractivity contribution in [2.45, 2.75) is 45.2 Å². The predicted octanol–water partition coefficient (Wildman–Crippen LogP) is 2.63. The second-order valence-corrected chi connectivity index (χ2v) is 4.04. The van der Waals surface area contributed by atoms with Gasteiger partial charge in [0.1, 0.15) is 6.17 Å². The van der Waals surface area contributed by atoms with Gasteiger partial charge in [0.2, 0.25) is 0 Å². The van der Waals surface area contributed by atoms with Crippen LogP contribution in [-0.4, -0.2) is 17.2 Å². The molecule has 0 aromatic rings. The standard InChI is InChI=1S/C10H17FO2/c1-7(10(12)13)6-8-4-2-3-5-9(8)11/h7-9H,2-6H2,1H3,(H,12,13). The normalized spacial score (nSPS) is 31.2. The third kappa shape index (κ3) is 2.98. The second kappa shape index (κ2) is 4.58. The summed E-state index contributed by atoms with van der Waals surface area (Å²) < 4.78 is 13.3. The summed E-state index contributed by atoms with van der Waals surface area (Å²) in [6.45, 7) is 1.66. The Bertz CT molecular complexity index is 182. The highest BCUT2D eigenvalue weighted by atomic mass is 19.1. The highest BCUT2D eigenvalue weighted by Gasteiger charge is 2.27. The van der Waals surface area contributed by atoms with Crippen LogP contribution < -0.4 is 0 Å². The third-order valence-electron chi connectivity index (χ3n) is 2.89. The van der Waals surface area contributed by atoms with Crippen LogP contribution >= 0.6 is 0 Å². The van der Waals surface area contributed by atoms with Crippen molar-refractivity contribution in [2.75, 3.05) is 0 Å². The van der Waals surface area contributed by atoms with Crippen LogP contribution in [0.2, 0.25) is 0 Å². The highest BCUT2D eigenvalue weighted by Crippen LogP contribution is 2.31. The van der Waals surface area contributed by atoms with E-state index in [2.05, 4.69) is 0 Å². The number of rotatable bonds is 3. The molecule has 0 heterocycles. The van der Waals surface area contributed by atoms with E-state index < -0.39 is 18.1 Å². The van der Waals surface area contributed by atoms with Gasteiger partial charge < -0.3 is 5.11 Å². The van der Waals surface area contributed by atoms with Gasteiger partial charge in [0.05, 0.1) is 5.92 Å². The topological polar surface area (TPSA) is 37.3 Å². The molecule has 3 atom stereocenters. The number of halogens is 1. The minimum absolute atomic E-state index is 0.0140. The van der Waals surface area contributed by atoms with E-state index in [1.165, 1.54) is 0 Å². The zero-order valence-electron chi connectivity index (χ0n) is 8.00. The number of hydrogen-bond donors (Lipinski definition) is 1. The lowest BCUT2D eigenvalue weighted by Crippen LogP contribution is -2.25. The summed E-state index contributed by atoms with van der Waals surface area (Å²) in [5, 5.41) is 8.68. The van der Waals surface area contributed by atoms with E-state index in [0.717, 1.165) is 19.3 Å². The van der Waals surface area contributed by atoms with Crippen molar-refractivity contribution in [2.24, 2.45) is 11.8 Å². The van der Waals surface area contributed by atoms with E-state index in [1.807, 2.05) is 0 Å². The molecule has 2 nitrogen and oxygen atoms in total. The molecule has 0 amide bonds. The fourth-order valence-electron chi connectivity index (χ4n) is 1.98. The predicted molar refractivity (Wildman–Crippen MR) is 48.3 cm³/mol. The summed E-state index contributed by atoms with van der Waals surface area (Å²) >= 11 is 0. The van der Waals surface area contributed by atoms with Crippen molar-refractivity contribution in [1.29, 1.82) is 0 Å². The van der Waals surface area contributed by atoms with Crippen LogP contribution in [0.25, 0.3) is 0 Å². The Morgan fingerprint density at radius 1 is 1.54 bits per heavy atom. The number of carbonyl (C=O) groups is 1. The molecule has 0 aliphatic heterocycles. The molecular weight excluding hydrogens is 171 g/mol. The molecule has 0 aromatic carbocycles. The highest BCUT2D eigenvalue weighted by molar-refractivity contribution is 5.69. The zero-order chi connectivity index (χ0) is 9.84. The second-order valence-electron chi connectivity index (χ2n) is 4.04. The van der Waals surface area contributed by atoms with Gasteiger partial charge in [-0.15, -0.1) is 0 Å². The van der Waals surface area contributed by atoms with Crippen LogP contribution in [0.5, 0.6) is 0 Å². The van der Waals surface area contributed by atoms with Crippen LogP contribution in [0.4, 0.5) is 4.39 Å². The molecule has 1 saturated carbocycles. The lowest BCUT2D eigenvalue weighted by molar-refractivity contribution is -0.142. The summed E-state index contributed by atoms with van der Waals surface area (Å²) in [5.41, 5.74) is 0. The lowest BCUT2D eigenvalue weighted by Gasteiger charge is -2.26. The van der Waals surface area contributed by atoms with Gasteiger partial charge >= 0.3 is 5.97 Å². The van der Waals surface area contributed by atoms with Gasteiger partial charge in [0.25, 0.3) is 0 Å². The van der Waals surface area contributed by atoms with Gasteiger partial charge in [-0.05, 0) is 25.2 Å². The van der Waals surface area contributed by atoms with Gasteiger partial charge in [-0.1, -0.05) is 19.8 Å². The lowest BCUT2D eigenvalue weighted by atomic mass is 9.82. The minimum atomic E-state index is -0.808. The van der Waals surface area contributed by atoms with Crippen LogP contribution in [-0.2, 0) is 4.79 Å². The zero-order valence-corrected chi connectivity index (χ0v) is 8.00. The van der Waals surface area contributed by atoms with E-state index in [4.69, 9.17) is 5.11 Å². The SMILES string of the molecule is CC(CC1CCCCC1F)C(=O)O. The molecular formula is C10H17FO2. The number of alkyl halides is 1. The van der Waals surface area contributed by atoms with E-state index in [1.54, 1.807) is 6.92 Å². The molecule has 3 heteroatoms. The van der Waals surface area contributed by atoms with Crippen molar-refractivity contribution in [3.8, 4) is 0 Å². The van der Waals surface area contributed by atoms with Crippen LogP contribution in [0.1, 0.15) is 39.0 Å². The average molecular weight is 188 g/mol. The number of hydrogen-bond acceptors (Lipinski definition) is 1. The first-order valence-corrected chi connectivity index (χ1v) is 4.98. The van der Waals surface area contributed by atoms with Crippen molar-refractivity contribution < 1.29 is 14.3 Å². The summed E-state index contributed by atoms with van der Waals surface area (Å²) in [4.78, 5) is 10.6. The molecule has 0 aromatic heterocycles. The first-order chi connectivity index (χ1) is 6.11. The van der Waals surface area contributed by atoms with E-state index in [9.17, 15) is 9.18 Å². The maximum atomic E-state index is 13.3. The largest absolute Gasteiger partial charge is 0.481 e. The Morgan fingerprint density at radius 2 is 2.15 bits per heavy atom. The molecule has 0 saturated heterocycles. The first-order valence-electron chi connectivity index (χ1n) is 4.98. The molecule has 0 bridgehead atoms. The van der Waals surface area contributed by atoms with Crippen molar-refractivity contribution >= 4 is 5.97 Å². The Labute approximate surface area is 78.1 Å². The van der Waals surface area contributed by atoms with Gasteiger partial charge in [-0.25, -0.2) is 4.39 Å². The molecule has 76 valence electrons. The number of carboxylic acid groups (broad SMARTS) is 1. The van der Waals surface area contributed by atoms with Gasteiger partial charge in [-0.3, -0.25) is 4.79 Å². The molecule has 1 fully saturated rings. The summed E-state index contributed by atoms with van der Waals surface area (Å²) in [6.07, 6.45) is 3.22. The molecule has 0 radical (unpaired) electrons. The molecule has 1 rings (SSSR count). The summed E-state index contributed by atoms with van der Waals surface area (Å²) in [5.74, 6) is -1.22. The Balaban J connectivity index is 2.37.